The normalized spacial score (nSPS) is 11.8. The van der Waals surface area contributed by atoms with Gasteiger partial charge in [-0.1, -0.05) is 44.2 Å². The highest BCUT2D eigenvalue weighted by Crippen LogP contribution is 2.29. The third kappa shape index (κ3) is 4.53. The summed E-state index contributed by atoms with van der Waals surface area (Å²) in [5, 5.41) is 19.1. The Bertz CT molecular complexity index is 1160. The number of aryl methyl sites for hydroxylation is 1. The first-order valence-corrected chi connectivity index (χ1v) is 11.0. The van der Waals surface area contributed by atoms with Crippen molar-refractivity contribution in [1.29, 1.82) is 0 Å². The van der Waals surface area contributed by atoms with Gasteiger partial charge in [0, 0.05) is 50.9 Å². The Hall–Kier alpha value is -3.50. The van der Waals surface area contributed by atoms with Crippen LogP contribution in [0.15, 0.2) is 42.6 Å². The summed E-state index contributed by atoms with van der Waals surface area (Å²) < 4.78 is 13.2. The number of benzene rings is 1. The standard InChI is InChI=1S/C23H28N8O2/c1-5-13-31-20(25-22(28-31)23(6-2,32-3)33-4)14-16-11-12-19(24-15-16)17-9-7-8-10-18(17)21-26-29-30-27-21/h7-12,15H,5-6,13-14H2,1-4H3,(H,26,27,29,30). The summed E-state index contributed by atoms with van der Waals surface area (Å²) in [6, 6.07) is 11.9. The highest BCUT2D eigenvalue weighted by Gasteiger charge is 2.35. The lowest BCUT2D eigenvalue weighted by molar-refractivity contribution is -0.222. The van der Waals surface area contributed by atoms with Crippen LogP contribution in [0, 0.1) is 0 Å². The minimum atomic E-state index is -0.950. The SMILES string of the molecule is CCCn1nc(C(CC)(OC)OC)nc1Cc1ccc(-c2ccccc2-c2nn[nH]n2)nc1. The van der Waals surface area contributed by atoms with Crippen LogP contribution in [0.3, 0.4) is 0 Å². The largest absolute Gasteiger partial charge is 0.347 e. The third-order valence-electron chi connectivity index (χ3n) is 5.63. The van der Waals surface area contributed by atoms with E-state index in [1.54, 1.807) is 14.2 Å². The number of pyridine rings is 1. The molecule has 0 unspecified atom stereocenters. The van der Waals surface area contributed by atoms with E-state index in [1.165, 1.54) is 0 Å². The number of hydrogen-bond acceptors (Lipinski definition) is 8. The lowest BCUT2D eigenvalue weighted by Crippen LogP contribution is -2.31. The number of hydrogen-bond donors (Lipinski definition) is 1. The Morgan fingerprint density at radius 1 is 1.03 bits per heavy atom. The molecule has 0 spiro atoms. The Morgan fingerprint density at radius 2 is 1.82 bits per heavy atom. The van der Waals surface area contributed by atoms with E-state index in [-0.39, 0.29) is 0 Å². The first-order valence-electron chi connectivity index (χ1n) is 11.0. The molecule has 1 N–H and O–H groups in total. The van der Waals surface area contributed by atoms with Gasteiger partial charge in [-0.3, -0.25) is 4.98 Å². The minimum Gasteiger partial charge on any atom is -0.347 e. The zero-order valence-electron chi connectivity index (χ0n) is 19.3. The topological polar surface area (TPSA) is 117 Å². The van der Waals surface area contributed by atoms with Crippen molar-refractivity contribution in [2.45, 2.75) is 45.4 Å². The first kappa shape index (κ1) is 22.7. The van der Waals surface area contributed by atoms with E-state index >= 15 is 0 Å². The summed E-state index contributed by atoms with van der Waals surface area (Å²) in [6.45, 7) is 4.86. The van der Waals surface area contributed by atoms with Crippen LogP contribution in [0.2, 0.25) is 0 Å². The van der Waals surface area contributed by atoms with Gasteiger partial charge >= 0.3 is 0 Å². The molecule has 4 aromatic rings. The molecule has 0 atom stereocenters. The predicted octanol–water partition coefficient (Wildman–Crippen LogP) is 3.38. The number of H-pyrrole nitrogens is 1. The van der Waals surface area contributed by atoms with Crippen LogP contribution in [-0.4, -0.2) is 54.6 Å². The fraction of sp³-hybridized carbons (Fsp3) is 0.391. The lowest BCUT2D eigenvalue weighted by atomic mass is 10.0. The van der Waals surface area contributed by atoms with E-state index in [4.69, 9.17) is 24.5 Å². The Balaban J connectivity index is 1.62. The van der Waals surface area contributed by atoms with Gasteiger partial charge in [-0.05, 0) is 23.3 Å². The maximum Gasteiger partial charge on any atom is 0.231 e. The van der Waals surface area contributed by atoms with Gasteiger partial charge in [-0.15, -0.1) is 10.2 Å². The van der Waals surface area contributed by atoms with Crippen molar-refractivity contribution in [2.75, 3.05) is 14.2 Å². The number of methoxy groups -OCH3 is 2. The van der Waals surface area contributed by atoms with E-state index < -0.39 is 5.79 Å². The highest BCUT2D eigenvalue weighted by atomic mass is 16.7. The summed E-state index contributed by atoms with van der Waals surface area (Å²) in [5.74, 6) is 0.972. The van der Waals surface area contributed by atoms with E-state index in [1.807, 2.05) is 48.1 Å². The molecule has 0 aliphatic carbocycles. The van der Waals surface area contributed by atoms with Crippen molar-refractivity contribution in [2.24, 2.45) is 0 Å². The number of aromatic amines is 1. The molecule has 0 fully saturated rings. The van der Waals surface area contributed by atoms with Crippen LogP contribution in [0.25, 0.3) is 22.6 Å². The van der Waals surface area contributed by atoms with Crippen LogP contribution < -0.4 is 0 Å². The minimum absolute atomic E-state index is 0.535. The summed E-state index contributed by atoms with van der Waals surface area (Å²) in [6.07, 6.45) is 4.01. The molecule has 10 nitrogen and oxygen atoms in total. The number of tetrazole rings is 1. The number of nitrogens with one attached hydrogen (secondary N) is 1. The molecular formula is C23H28N8O2. The number of rotatable bonds is 10. The van der Waals surface area contributed by atoms with Crippen molar-refractivity contribution < 1.29 is 9.47 Å². The lowest BCUT2D eigenvalue weighted by Gasteiger charge is -2.26. The molecule has 0 bridgehead atoms. The van der Waals surface area contributed by atoms with Crippen molar-refractivity contribution in [3.63, 3.8) is 0 Å². The summed E-state index contributed by atoms with van der Waals surface area (Å²) in [7, 11) is 3.23. The molecule has 1 aromatic carbocycles. The molecule has 0 aliphatic heterocycles. The average Bonchev–Trinajstić information content (AvgIpc) is 3.53. The van der Waals surface area contributed by atoms with E-state index in [9.17, 15) is 0 Å². The maximum absolute atomic E-state index is 5.64. The highest BCUT2D eigenvalue weighted by molar-refractivity contribution is 5.78. The molecule has 3 heterocycles. The Labute approximate surface area is 192 Å². The first-order chi connectivity index (χ1) is 16.1. The Morgan fingerprint density at radius 3 is 2.42 bits per heavy atom. The van der Waals surface area contributed by atoms with Gasteiger partial charge in [0.1, 0.15) is 5.82 Å². The zero-order valence-corrected chi connectivity index (χ0v) is 19.3. The van der Waals surface area contributed by atoms with Crippen LogP contribution in [0.4, 0.5) is 0 Å². The molecule has 0 saturated carbocycles. The van der Waals surface area contributed by atoms with E-state index in [0.717, 1.165) is 41.2 Å². The summed E-state index contributed by atoms with van der Waals surface area (Å²) in [4.78, 5) is 9.49. The van der Waals surface area contributed by atoms with Gasteiger partial charge in [0.25, 0.3) is 0 Å². The van der Waals surface area contributed by atoms with Crippen LogP contribution in [0.5, 0.6) is 0 Å². The summed E-state index contributed by atoms with van der Waals surface area (Å²) >= 11 is 0. The molecule has 172 valence electrons. The predicted molar refractivity (Wildman–Crippen MR) is 122 cm³/mol. The Kier molecular flexibility index (Phi) is 6.85. The molecule has 3 aromatic heterocycles. The smallest absolute Gasteiger partial charge is 0.231 e. The second-order valence-electron chi connectivity index (χ2n) is 7.60. The van der Waals surface area contributed by atoms with Crippen LogP contribution >= 0.6 is 0 Å². The molecule has 0 radical (unpaired) electrons. The van der Waals surface area contributed by atoms with Crippen molar-refractivity contribution >= 4 is 0 Å². The molecule has 4 rings (SSSR count). The van der Waals surface area contributed by atoms with Gasteiger partial charge in [-0.25, -0.2) is 9.67 Å². The monoisotopic (exact) mass is 448 g/mol. The molecule has 33 heavy (non-hydrogen) atoms. The number of ether oxygens (including phenoxy) is 2. The molecule has 10 heteroatoms. The quantitative estimate of drug-likeness (QED) is 0.367. The van der Waals surface area contributed by atoms with Gasteiger partial charge < -0.3 is 9.47 Å². The van der Waals surface area contributed by atoms with Crippen LogP contribution in [0.1, 0.15) is 43.9 Å². The van der Waals surface area contributed by atoms with Crippen molar-refractivity contribution in [3.8, 4) is 22.6 Å². The van der Waals surface area contributed by atoms with Crippen LogP contribution in [-0.2, 0) is 28.2 Å². The fourth-order valence-electron chi connectivity index (χ4n) is 3.82. The number of nitrogens with zero attached hydrogens (tertiary/aromatic N) is 7. The molecule has 0 saturated heterocycles. The van der Waals surface area contributed by atoms with Crippen molar-refractivity contribution in [3.05, 3.63) is 59.8 Å². The van der Waals surface area contributed by atoms with Gasteiger partial charge in [-0.2, -0.15) is 10.3 Å². The zero-order chi connectivity index (χ0) is 23.3. The number of aromatic nitrogens is 8. The maximum atomic E-state index is 5.64. The second kappa shape index (κ2) is 9.97. The van der Waals surface area contributed by atoms with E-state index in [0.29, 0.717) is 24.5 Å². The average molecular weight is 449 g/mol. The van der Waals surface area contributed by atoms with Crippen molar-refractivity contribution in [1.82, 2.24) is 40.4 Å². The fourth-order valence-corrected chi connectivity index (χ4v) is 3.82. The van der Waals surface area contributed by atoms with Gasteiger partial charge in [0.2, 0.25) is 17.4 Å². The van der Waals surface area contributed by atoms with Gasteiger partial charge in [0.15, 0.2) is 0 Å². The molecule has 0 amide bonds. The molecular weight excluding hydrogens is 420 g/mol. The third-order valence-corrected chi connectivity index (χ3v) is 5.63. The summed E-state index contributed by atoms with van der Waals surface area (Å²) in [5.41, 5.74) is 3.67. The van der Waals surface area contributed by atoms with E-state index in [2.05, 4.69) is 33.6 Å². The van der Waals surface area contributed by atoms with Gasteiger partial charge in [0.05, 0.1) is 5.69 Å². The second-order valence-corrected chi connectivity index (χ2v) is 7.60. The molecule has 0 aliphatic rings.